The molecular formula is C41H60N2. The molecule has 0 amide bonds. The number of hydrogen-bond acceptors (Lipinski definition) is 2. The first-order valence-corrected chi connectivity index (χ1v) is 19.1. The smallest absolute Gasteiger partial charge is 0.0281 e. The van der Waals surface area contributed by atoms with E-state index in [0.717, 1.165) is 59.3 Å². The molecule has 8 rings (SSSR count). The number of rotatable bonds is 4. The van der Waals surface area contributed by atoms with E-state index in [1.165, 1.54) is 116 Å². The van der Waals surface area contributed by atoms with Gasteiger partial charge in [-0.3, -0.25) is 4.90 Å². The Bertz CT molecular complexity index is 1140. The predicted molar refractivity (Wildman–Crippen MR) is 181 cm³/mol. The van der Waals surface area contributed by atoms with E-state index in [0.29, 0.717) is 12.0 Å². The fourth-order valence-corrected chi connectivity index (χ4v) is 11.8. The number of allylic oxidation sites excluding steroid dienone is 8. The molecule has 2 heterocycles. The van der Waals surface area contributed by atoms with Crippen LogP contribution in [0.4, 0.5) is 0 Å². The summed E-state index contributed by atoms with van der Waals surface area (Å²) in [6.07, 6.45) is 41.9. The zero-order valence-electron chi connectivity index (χ0n) is 27.2. The maximum atomic E-state index is 3.69. The average molecular weight is 581 g/mol. The van der Waals surface area contributed by atoms with Gasteiger partial charge in [-0.2, -0.15) is 0 Å². The minimum Gasteiger partial charge on any atom is -0.316 e. The lowest BCUT2D eigenvalue weighted by molar-refractivity contribution is -0.0506. The second-order valence-electron chi connectivity index (χ2n) is 16.4. The molecule has 2 nitrogen and oxygen atoms in total. The van der Waals surface area contributed by atoms with E-state index < -0.39 is 0 Å². The van der Waals surface area contributed by atoms with Crippen LogP contribution in [0.5, 0.6) is 0 Å². The molecule has 0 radical (unpaired) electrons. The first-order chi connectivity index (χ1) is 21.2. The highest BCUT2D eigenvalue weighted by atomic mass is 15.2. The van der Waals surface area contributed by atoms with Gasteiger partial charge in [0.1, 0.15) is 0 Å². The number of nitrogens with zero attached hydrogens (tertiary/aromatic N) is 1. The molecule has 11 atom stereocenters. The fourth-order valence-electron chi connectivity index (χ4n) is 11.8. The van der Waals surface area contributed by atoms with Crippen molar-refractivity contribution < 1.29 is 0 Å². The van der Waals surface area contributed by atoms with Crippen molar-refractivity contribution in [2.45, 2.75) is 115 Å². The maximum absolute atomic E-state index is 3.69. The van der Waals surface area contributed by atoms with Crippen LogP contribution in [-0.4, -0.2) is 36.6 Å². The highest BCUT2D eigenvalue weighted by molar-refractivity contribution is 5.26. The molecular weight excluding hydrogens is 520 g/mol. The van der Waals surface area contributed by atoms with Crippen molar-refractivity contribution in [2.24, 2.45) is 59.2 Å². The Kier molecular flexibility index (Phi) is 8.64. The van der Waals surface area contributed by atoms with Gasteiger partial charge in [0.25, 0.3) is 0 Å². The van der Waals surface area contributed by atoms with Gasteiger partial charge in [0.05, 0.1) is 0 Å². The van der Waals surface area contributed by atoms with Crippen molar-refractivity contribution in [3.63, 3.8) is 0 Å². The van der Waals surface area contributed by atoms with Crippen molar-refractivity contribution in [1.82, 2.24) is 10.2 Å². The molecule has 0 aromatic rings. The molecule has 43 heavy (non-hydrogen) atoms. The van der Waals surface area contributed by atoms with Gasteiger partial charge in [0.2, 0.25) is 0 Å². The normalized spacial score (nSPS) is 45.5. The second kappa shape index (κ2) is 12.8. The molecule has 8 aliphatic rings. The number of nitrogens with one attached hydrogen (secondary N) is 1. The summed E-state index contributed by atoms with van der Waals surface area (Å²) < 4.78 is 0. The van der Waals surface area contributed by atoms with Crippen LogP contribution in [-0.2, 0) is 0 Å². The molecule has 0 aromatic heterocycles. The Morgan fingerprint density at radius 3 is 2.28 bits per heavy atom. The molecule has 11 unspecified atom stereocenters. The quantitative estimate of drug-likeness (QED) is 0.333. The lowest BCUT2D eigenvalue weighted by atomic mass is 9.58. The first kappa shape index (κ1) is 29.1. The molecule has 3 fully saturated rings. The highest BCUT2D eigenvalue weighted by Crippen LogP contribution is 2.52. The Labute approximate surface area is 263 Å². The van der Waals surface area contributed by atoms with Crippen molar-refractivity contribution in [3.8, 4) is 0 Å². The molecule has 0 spiro atoms. The second-order valence-corrected chi connectivity index (χ2v) is 16.4. The summed E-state index contributed by atoms with van der Waals surface area (Å²) in [6, 6.07) is 1.42. The van der Waals surface area contributed by atoms with Crippen LogP contribution in [0.2, 0.25) is 0 Å². The summed E-state index contributed by atoms with van der Waals surface area (Å²) in [4.78, 5) is 3.15. The Hall–Kier alpha value is -1.38. The lowest BCUT2D eigenvalue weighted by Crippen LogP contribution is -2.60. The summed E-state index contributed by atoms with van der Waals surface area (Å²) >= 11 is 0. The molecule has 234 valence electrons. The van der Waals surface area contributed by atoms with E-state index in [-0.39, 0.29) is 0 Å². The minimum atomic E-state index is 0.674. The van der Waals surface area contributed by atoms with Gasteiger partial charge in [0.15, 0.2) is 0 Å². The molecule has 6 aliphatic carbocycles. The highest BCUT2D eigenvalue weighted by Gasteiger charge is 2.49. The summed E-state index contributed by atoms with van der Waals surface area (Å²) in [6.45, 7) is 6.64. The summed E-state index contributed by atoms with van der Waals surface area (Å²) in [7, 11) is 0. The van der Waals surface area contributed by atoms with Crippen LogP contribution < -0.4 is 5.32 Å². The van der Waals surface area contributed by atoms with Crippen LogP contribution in [0.25, 0.3) is 0 Å². The summed E-state index contributed by atoms with van der Waals surface area (Å²) in [5.41, 5.74) is 3.58. The minimum absolute atomic E-state index is 0.674. The third kappa shape index (κ3) is 5.75. The summed E-state index contributed by atoms with van der Waals surface area (Å²) in [5.74, 6) is 8.48. The van der Waals surface area contributed by atoms with E-state index >= 15 is 0 Å². The Balaban J connectivity index is 1.04. The van der Waals surface area contributed by atoms with Gasteiger partial charge in [-0.05, 0) is 156 Å². The van der Waals surface area contributed by atoms with Gasteiger partial charge in [-0.1, -0.05) is 79.5 Å². The fraction of sp³-hybridized carbons (Fsp3) is 0.756. The maximum Gasteiger partial charge on any atom is 0.0281 e. The van der Waals surface area contributed by atoms with Crippen molar-refractivity contribution in [1.29, 1.82) is 0 Å². The van der Waals surface area contributed by atoms with E-state index in [1.807, 2.05) is 5.57 Å². The number of hydrogen-bond donors (Lipinski definition) is 1. The van der Waals surface area contributed by atoms with Crippen LogP contribution in [0.15, 0.2) is 59.8 Å². The monoisotopic (exact) mass is 580 g/mol. The lowest BCUT2D eigenvalue weighted by Gasteiger charge is -2.56. The molecule has 1 saturated carbocycles. The zero-order valence-corrected chi connectivity index (χ0v) is 27.2. The third-order valence-electron chi connectivity index (χ3n) is 14.4. The van der Waals surface area contributed by atoms with Crippen LogP contribution >= 0.6 is 0 Å². The van der Waals surface area contributed by atoms with E-state index in [9.17, 15) is 0 Å². The van der Waals surface area contributed by atoms with E-state index in [1.54, 1.807) is 5.57 Å². The van der Waals surface area contributed by atoms with E-state index in [4.69, 9.17) is 0 Å². The van der Waals surface area contributed by atoms with E-state index in [2.05, 4.69) is 65.7 Å². The number of likely N-dealkylation sites (tertiary alicyclic amines) is 1. The van der Waals surface area contributed by atoms with Gasteiger partial charge in [-0.15, -0.1) is 0 Å². The van der Waals surface area contributed by atoms with Crippen molar-refractivity contribution in [3.05, 3.63) is 59.8 Å². The van der Waals surface area contributed by atoms with Gasteiger partial charge in [0, 0.05) is 18.6 Å². The third-order valence-corrected chi connectivity index (χ3v) is 14.4. The molecule has 1 N–H and O–H groups in total. The molecule has 0 bridgehead atoms. The topological polar surface area (TPSA) is 15.3 Å². The van der Waals surface area contributed by atoms with Gasteiger partial charge >= 0.3 is 0 Å². The SMILES string of the molecule is CC1C2CCCCC2C(C2CNC2)CN(C2C=CCCC2)C2CC(C3C=CC(C4C=C5CCC=CC5CC4)CC3)=CCC12. The van der Waals surface area contributed by atoms with Crippen LogP contribution in [0.3, 0.4) is 0 Å². The molecule has 0 aromatic carbocycles. The van der Waals surface area contributed by atoms with Crippen molar-refractivity contribution >= 4 is 0 Å². The average Bonchev–Trinajstić information content (AvgIpc) is 3.05. The number of fused-ring (bicyclic) bond motifs is 3. The standard InChI is InChI=1S/C41H60N2/c1-28-37-13-7-8-14-39(37)40(35-25-42-26-35)27-43(36-11-3-2-4-12-36)41-24-34(21-22-38(28)41)31-17-15-30(16-18-31)33-20-19-29-9-5-6-10-32(29)23-33/h3,5,9,11,15,17,21,23,28-31,33,35-42H,2,4,6-8,10,12-14,16,18-20,22,24-27H2,1H3. The Morgan fingerprint density at radius 1 is 0.698 bits per heavy atom. The molecule has 2 heteroatoms. The Morgan fingerprint density at radius 2 is 1.51 bits per heavy atom. The van der Waals surface area contributed by atoms with Crippen molar-refractivity contribution in [2.75, 3.05) is 19.6 Å². The van der Waals surface area contributed by atoms with Gasteiger partial charge in [-0.25, -0.2) is 0 Å². The van der Waals surface area contributed by atoms with Crippen LogP contribution in [0, 0.1) is 59.2 Å². The largest absolute Gasteiger partial charge is 0.316 e. The van der Waals surface area contributed by atoms with Crippen LogP contribution in [0.1, 0.15) is 103 Å². The molecule has 2 saturated heterocycles. The molecule has 2 aliphatic heterocycles. The first-order valence-electron chi connectivity index (χ1n) is 19.1. The summed E-state index contributed by atoms with van der Waals surface area (Å²) in [5, 5.41) is 3.69. The zero-order chi connectivity index (χ0) is 28.8. The predicted octanol–water partition coefficient (Wildman–Crippen LogP) is 9.28. The van der Waals surface area contributed by atoms with Gasteiger partial charge < -0.3 is 5.32 Å².